The number of aromatic amines is 1. The molecule has 0 radical (unpaired) electrons. The normalized spacial score (nSPS) is 16.4. The van der Waals surface area contributed by atoms with Gasteiger partial charge in [0.05, 0.1) is 6.67 Å². The Morgan fingerprint density at radius 2 is 1.79 bits per heavy atom. The number of tetrazole rings is 1. The summed E-state index contributed by atoms with van der Waals surface area (Å²) in [6.45, 7) is 4.33. The van der Waals surface area contributed by atoms with Crippen LogP contribution in [0, 0.1) is 5.92 Å². The lowest BCUT2D eigenvalue weighted by molar-refractivity contribution is -0.134. The van der Waals surface area contributed by atoms with Gasteiger partial charge in [0.2, 0.25) is 0 Å². The number of allylic oxidation sites excluding steroid dienone is 1. The van der Waals surface area contributed by atoms with Crippen molar-refractivity contribution in [3.63, 3.8) is 0 Å². The lowest BCUT2D eigenvalue weighted by Crippen LogP contribution is -2.31. The summed E-state index contributed by atoms with van der Waals surface area (Å²) in [5, 5.41) is 24.6. The molecule has 3 aromatic rings. The van der Waals surface area contributed by atoms with Crippen molar-refractivity contribution >= 4 is 5.97 Å². The highest BCUT2D eigenvalue weighted by atomic mass is 16.4. The number of rotatable bonds is 11. The summed E-state index contributed by atoms with van der Waals surface area (Å²) in [7, 11) is 0. The van der Waals surface area contributed by atoms with E-state index in [4.69, 9.17) is 0 Å². The summed E-state index contributed by atoms with van der Waals surface area (Å²) in [5.41, 5.74) is 5.76. The van der Waals surface area contributed by atoms with Crippen molar-refractivity contribution < 1.29 is 9.90 Å². The fourth-order valence-electron chi connectivity index (χ4n) is 5.94. The number of carboxylic acids is 1. The summed E-state index contributed by atoms with van der Waals surface area (Å²) in [6, 6.07) is 16.6. The molecule has 0 spiro atoms. The topological polar surface area (TPSA) is 98.2 Å². The molecule has 0 unspecified atom stereocenters. The van der Waals surface area contributed by atoms with Crippen molar-refractivity contribution in [2.45, 2.75) is 71.3 Å². The molecule has 5 rings (SSSR count). The van der Waals surface area contributed by atoms with Crippen LogP contribution in [0.2, 0.25) is 0 Å². The maximum absolute atomic E-state index is 12.4. The molecule has 0 saturated heterocycles. The maximum Gasteiger partial charge on any atom is 0.354 e. The van der Waals surface area contributed by atoms with E-state index in [0.717, 1.165) is 60.5 Å². The minimum absolute atomic E-state index is 0.514. The molecule has 8 nitrogen and oxygen atoms in total. The number of nitrogens with zero attached hydrogens (tertiary/aromatic N) is 5. The van der Waals surface area contributed by atoms with Crippen molar-refractivity contribution in [1.82, 2.24) is 30.4 Å². The summed E-state index contributed by atoms with van der Waals surface area (Å²) in [4.78, 5) is 16.8. The van der Waals surface area contributed by atoms with E-state index < -0.39 is 5.97 Å². The Morgan fingerprint density at radius 1 is 1.03 bits per heavy atom. The minimum Gasteiger partial charge on any atom is -0.477 e. The van der Waals surface area contributed by atoms with Gasteiger partial charge in [0.25, 0.3) is 0 Å². The third-order valence-electron chi connectivity index (χ3n) is 7.98. The molecular weight excluding hydrogens is 476 g/mol. The lowest BCUT2D eigenvalue weighted by atomic mass is 9.87. The molecular formula is C30H38N6O2. The summed E-state index contributed by atoms with van der Waals surface area (Å²) >= 11 is 0. The second kappa shape index (κ2) is 12.2. The van der Waals surface area contributed by atoms with Gasteiger partial charge in [0, 0.05) is 24.4 Å². The van der Waals surface area contributed by atoms with Crippen LogP contribution in [-0.2, 0) is 11.3 Å². The molecule has 0 bridgehead atoms. The first-order valence-corrected chi connectivity index (χ1v) is 14.0. The average molecular weight is 515 g/mol. The van der Waals surface area contributed by atoms with E-state index in [0.29, 0.717) is 24.7 Å². The van der Waals surface area contributed by atoms with E-state index in [1.54, 1.807) is 0 Å². The molecule has 1 saturated carbocycles. The molecule has 1 aliphatic carbocycles. The number of carboxylic acid groups (broad SMARTS) is 1. The predicted octanol–water partition coefficient (Wildman–Crippen LogP) is 6.07. The molecule has 1 aliphatic heterocycles. The van der Waals surface area contributed by atoms with Crippen LogP contribution < -0.4 is 0 Å². The lowest BCUT2D eigenvalue weighted by Gasteiger charge is -2.27. The molecule has 1 aromatic heterocycles. The largest absolute Gasteiger partial charge is 0.477 e. The van der Waals surface area contributed by atoms with Gasteiger partial charge in [-0.2, -0.15) is 0 Å². The summed E-state index contributed by atoms with van der Waals surface area (Å²) in [6.07, 6.45) is 10.5. The SMILES string of the molecule is CCCCC1=C(C(=O)O)N(CCC2CCCCC2)CN1Cc1ccc(-c2ccccc2-c2nnn[nH]2)cc1. The third kappa shape index (κ3) is 5.90. The molecule has 2 aliphatic rings. The van der Waals surface area contributed by atoms with Crippen LogP contribution in [0.15, 0.2) is 59.9 Å². The van der Waals surface area contributed by atoms with Crippen molar-refractivity contribution in [3.05, 3.63) is 65.5 Å². The number of nitrogens with one attached hydrogen (secondary N) is 1. The van der Waals surface area contributed by atoms with Gasteiger partial charge < -0.3 is 14.9 Å². The standard InChI is InChI=1S/C30H38N6O2/c1-2-3-13-27-28(30(37)38)35(19-18-22-9-5-4-6-10-22)21-36(27)20-23-14-16-24(17-15-23)25-11-7-8-12-26(25)29-31-33-34-32-29/h7-8,11-12,14-17,22H,2-6,9-10,13,18-21H2,1H3,(H,37,38)(H,31,32,33,34). The monoisotopic (exact) mass is 514 g/mol. The first-order valence-electron chi connectivity index (χ1n) is 14.0. The van der Waals surface area contributed by atoms with Crippen LogP contribution in [0.5, 0.6) is 0 Å². The number of aromatic nitrogens is 4. The zero-order valence-corrected chi connectivity index (χ0v) is 22.3. The van der Waals surface area contributed by atoms with Gasteiger partial charge in [-0.3, -0.25) is 0 Å². The second-order valence-electron chi connectivity index (χ2n) is 10.6. The fraction of sp³-hybridized carbons (Fsp3) is 0.467. The van der Waals surface area contributed by atoms with Crippen molar-refractivity contribution in [2.75, 3.05) is 13.2 Å². The number of unbranched alkanes of at least 4 members (excludes halogenated alkanes) is 1. The molecule has 0 atom stereocenters. The Balaban J connectivity index is 1.33. The molecule has 2 aromatic carbocycles. The molecule has 1 fully saturated rings. The first-order chi connectivity index (χ1) is 18.6. The average Bonchev–Trinajstić information content (AvgIpc) is 3.60. The highest BCUT2D eigenvalue weighted by Gasteiger charge is 2.33. The molecule has 2 N–H and O–H groups in total. The molecule has 8 heteroatoms. The number of benzene rings is 2. The fourth-order valence-corrected chi connectivity index (χ4v) is 5.94. The smallest absolute Gasteiger partial charge is 0.354 e. The van der Waals surface area contributed by atoms with Gasteiger partial charge in [-0.05, 0) is 52.3 Å². The summed E-state index contributed by atoms with van der Waals surface area (Å²) in [5.74, 6) is 0.577. The number of hydrogen-bond donors (Lipinski definition) is 2. The Kier molecular flexibility index (Phi) is 8.36. The van der Waals surface area contributed by atoms with E-state index in [2.05, 4.69) is 67.7 Å². The summed E-state index contributed by atoms with van der Waals surface area (Å²) < 4.78 is 0. The van der Waals surface area contributed by atoms with Crippen LogP contribution in [0.1, 0.15) is 70.3 Å². The van der Waals surface area contributed by atoms with Gasteiger partial charge in [-0.15, -0.1) is 5.10 Å². The van der Waals surface area contributed by atoms with Gasteiger partial charge >= 0.3 is 5.97 Å². The Bertz CT molecular complexity index is 1230. The van der Waals surface area contributed by atoms with Crippen LogP contribution in [0.4, 0.5) is 0 Å². The Morgan fingerprint density at radius 3 is 2.47 bits per heavy atom. The highest BCUT2D eigenvalue weighted by Crippen LogP contribution is 2.34. The van der Waals surface area contributed by atoms with Crippen LogP contribution in [-0.4, -0.2) is 54.7 Å². The number of carbonyl (C=O) groups is 1. The van der Waals surface area contributed by atoms with Gasteiger partial charge in [-0.1, -0.05) is 94.0 Å². The van der Waals surface area contributed by atoms with Gasteiger partial charge in [0.15, 0.2) is 5.82 Å². The van der Waals surface area contributed by atoms with Crippen molar-refractivity contribution in [3.8, 4) is 22.5 Å². The van der Waals surface area contributed by atoms with Crippen LogP contribution in [0.25, 0.3) is 22.5 Å². The minimum atomic E-state index is -0.795. The Labute approximate surface area is 224 Å². The van der Waals surface area contributed by atoms with Crippen molar-refractivity contribution in [1.29, 1.82) is 0 Å². The van der Waals surface area contributed by atoms with E-state index in [9.17, 15) is 9.90 Å². The third-order valence-corrected chi connectivity index (χ3v) is 7.98. The first kappa shape index (κ1) is 25.9. The van der Waals surface area contributed by atoms with Crippen LogP contribution >= 0.6 is 0 Å². The zero-order valence-electron chi connectivity index (χ0n) is 22.3. The maximum atomic E-state index is 12.4. The molecule has 2 heterocycles. The quantitative estimate of drug-likeness (QED) is 0.321. The van der Waals surface area contributed by atoms with Gasteiger partial charge in [-0.25, -0.2) is 9.89 Å². The van der Waals surface area contributed by atoms with Crippen molar-refractivity contribution in [2.24, 2.45) is 5.92 Å². The molecule has 200 valence electrons. The predicted molar refractivity (Wildman–Crippen MR) is 148 cm³/mol. The van der Waals surface area contributed by atoms with Crippen LogP contribution in [0.3, 0.4) is 0 Å². The van der Waals surface area contributed by atoms with E-state index in [1.165, 1.54) is 37.7 Å². The van der Waals surface area contributed by atoms with E-state index >= 15 is 0 Å². The van der Waals surface area contributed by atoms with Gasteiger partial charge in [0.1, 0.15) is 5.70 Å². The highest BCUT2D eigenvalue weighted by molar-refractivity contribution is 5.87. The zero-order chi connectivity index (χ0) is 26.3. The van der Waals surface area contributed by atoms with E-state index in [-0.39, 0.29) is 0 Å². The second-order valence-corrected chi connectivity index (χ2v) is 10.6. The molecule has 0 amide bonds. The number of hydrogen-bond acceptors (Lipinski definition) is 6. The molecule has 38 heavy (non-hydrogen) atoms. The number of aliphatic carboxylic acids is 1. The number of H-pyrrole nitrogens is 1. The van der Waals surface area contributed by atoms with E-state index in [1.807, 2.05) is 18.2 Å². The Hall–Kier alpha value is -3.68.